The first kappa shape index (κ1) is 18.2. The third-order valence-corrected chi connectivity index (χ3v) is 9.60. The van der Waals surface area contributed by atoms with Crippen molar-refractivity contribution < 1.29 is 14.3 Å². The van der Waals surface area contributed by atoms with Crippen LogP contribution in [0, 0.1) is 0 Å². The van der Waals surface area contributed by atoms with Crippen molar-refractivity contribution in [1.29, 1.82) is 0 Å². The molecular weight excluding hydrogens is 282 g/mol. The molecule has 2 N–H and O–H groups in total. The molecule has 0 aromatic rings. The molecule has 1 rings (SSSR count). The quantitative estimate of drug-likeness (QED) is 0.579. The van der Waals surface area contributed by atoms with Crippen LogP contribution in [0.5, 0.6) is 0 Å². The lowest BCUT2D eigenvalue weighted by molar-refractivity contribution is 0.0886. The van der Waals surface area contributed by atoms with Gasteiger partial charge >= 0.3 is 6.09 Å². The Bertz CT molecular complexity index is 379. The smallest absolute Gasteiger partial charge is 0.405 e. The van der Waals surface area contributed by atoms with Crippen LogP contribution in [0.3, 0.4) is 0 Å². The Labute approximate surface area is 130 Å². The lowest BCUT2D eigenvalue weighted by Crippen LogP contribution is -2.52. The molecule has 0 atom stereocenters. The third kappa shape index (κ3) is 4.85. The Kier molecular flexibility index (Phi) is 5.67. The van der Waals surface area contributed by atoms with Gasteiger partial charge in [-0.25, -0.2) is 4.79 Å². The third-order valence-electron chi connectivity index (χ3n) is 5.06. The van der Waals surface area contributed by atoms with Gasteiger partial charge in [0.2, 0.25) is 0 Å². The lowest BCUT2D eigenvalue weighted by atomic mass is 9.78. The topological polar surface area (TPSA) is 58.6 Å². The van der Waals surface area contributed by atoms with Gasteiger partial charge in [0.1, 0.15) is 0 Å². The van der Waals surface area contributed by atoms with E-state index in [1.807, 2.05) is 6.08 Å². The molecule has 0 heterocycles. The maximum absolute atomic E-state index is 11.0. The predicted octanol–water partition coefficient (Wildman–Crippen LogP) is 4.53. The summed E-state index contributed by atoms with van der Waals surface area (Å²) in [4.78, 5) is 11.0. The van der Waals surface area contributed by atoms with Gasteiger partial charge in [0.15, 0.2) is 8.32 Å². The van der Waals surface area contributed by atoms with E-state index in [2.05, 4.69) is 45.8 Å². The molecule has 5 heteroatoms. The number of carbonyl (C=O) groups is 1. The molecule has 0 unspecified atom stereocenters. The Morgan fingerprint density at radius 1 is 1.43 bits per heavy atom. The minimum absolute atomic E-state index is 0.210. The Morgan fingerprint density at radius 2 is 1.95 bits per heavy atom. The molecule has 122 valence electrons. The zero-order chi connectivity index (χ0) is 16.3. The van der Waals surface area contributed by atoms with Gasteiger partial charge in [0.05, 0.1) is 0 Å². The fourth-order valence-corrected chi connectivity index (χ4v) is 4.16. The second-order valence-electron chi connectivity index (χ2n) is 7.78. The van der Waals surface area contributed by atoms with Crippen LogP contribution >= 0.6 is 0 Å². The molecule has 0 aliphatic heterocycles. The molecule has 0 aromatic carbocycles. The van der Waals surface area contributed by atoms with E-state index in [1.54, 1.807) is 0 Å². The normalized spacial score (nSPS) is 27.2. The number of hydrogen-bond acceptors (Lipinski definition) is 2. The summed E-state index contributed by atoms with van der Waals surface area (Å²) >= 11 is 0. The van der Waals surface area contributed by atoms with Crippen LogP contribution < -0.4 is 5.32 Å². The summed E-state index contributed by atoms with van der Waals surface area (Å²) in [5.74, 6) is 0. The van der Waals surface area contributed by atoms with E-state index in [1.165, 1.54) is 0 Å². The zero-order valence-corrected chi connectivity index (χ0v) is 15.2. The molecule has 0 bridgehead atoms. The van der Waals surface area contributed by atoms with Gasteiger partial charge in [0, 0.05) is 11.6 Å². The number of amides is 1. The van der Waals surface area contributed by atoms with Crippen LogP contribution in [0.25, 0.3) is 0 Å². The summed E-state index contributed by atoms with van der Waals surface area (Å²) in [5, 5.41) is 12.0. The van der Waals surface area contributed by atoms with Crippen LogP contribution in [0.2, 0.25) is 18.1 Å². The highest BCUT2D eigenvalue weighted by Crippen LogP contribution is 2.40. The Hall–Kier alpha value is -0.813. The molecule has 1 saturated carbocycles. The predicted molar refractivity (Wildman–Crippen MR) is 89.2 cm³/mol. The summed E-state index contributed by atoms with van der Waals surface area (Å²) in [5.41, 5.74) is -0.346. The highest BCUT2D eigenvalue weighted by Gasteiger charge is 2.42. The average molecular weight is 314 g/mol. The Morgan fingerprint density at radius 3 is 2.33 bits per heavy atom. The van der Waals surface area contributed by atoms with Crippen molar-refractivity contribution in [3.8, 4) is 0 Å². The largest absolute Gasteiger partial charge is 0.465 e. The van der Waals surface area contributed by atoms with Gasteiger partial charge in [-0.15, -0.1) is 6.58 Å². The minimum Gasteiger partial charge on any atom is -0.465 e. The Balaban J connectivity index is 2.65. The van der Waals surface area contributed by atoms with Crippen molar-refractivity contribution in [2.24, 2.45) is 0 Å². The summed E-state index contributed by atoms with van der Waals surface area (Å²) in [6, 6.07) is 0. The van der Waals surface area contributed by atoms with Gasteiger partial charge in [0.25, 0.3) is 0 Å². The van der Waals surface area contributed by atoms with Crippen molar-refractivity contribution in [2.45, 2.75) is 82.7 Å². The van der Waals surface area contributed by atoms with Crippen LogP contribution in [-0.4, -0.2) is 31.2 Å². The molecule has 1 aliphatic rings. The fourth-order valence-electron chi connectivity index (χ4n) is 2.74. The van der Waals surface area contributed by atoms with Crippen LogP contribution in [-0.2, 0) is 4.43 Å². The maximum Gasteiger partial charge on any atom is 0.405 e. The van der Waals surface area contributed by atoms with Gasteiger partial charge < -0.3 is 14.8 Å². The molecule has 0 saturated heterocycles. The van der Waals surface area contributed by atoms with E-state index in [4.69, 9.17) is 9.53 Å². The number of nitrogens with one attached hydrogen (secondary N) is 1. The van der Waals surface area contributed by atoms with E-state index < -0.39 is 14.4 Å². The minimum atomic E-state index is -1.75. The zero-order valence-electron chi connectivity index (χ0n) is 14.2. The summed E-state index contributed by atoms with van der Waals surface area (Å²) in [7, 11) is -1.75. The molecule has 0 spiro atoms. The van der Waals surface area contributed by atoms with E-state index in [-0.39, 0.29) is 16.7 Å². The molecule has 1 fully saturated rings. The molecular formula is C16H31NO3Si. The fraction of sp³-hybridized carbons (Fsp3) is 0.812. The van der Waals surface area contributed by atoms with E-state index in [9.17, 15) is 4.79 Å². The molecule has 4 nitrogen and oxygen atoms in total. The molecule has 1 amide bonds. The van der Waals surface area contributed by atoms with Gasteiger partial charge in [-0.2, -0.15) is 0 Å². The van der Waals surface area contributed by atoms with Crippen LogP contribution in [0.15, 0.2) is 12.7 Å². The first-order chi connectivity index (χ1) is 9.51. The first-order valence-corrected chi connectivity index (χ1v) is 10.7. The van der Waals surface area contributed by atoms with Gasteiger partial charge in [-0.05, 0) is 50.2 Å². The van der Waals surface area contributed by atoms with Crippen molar-refractivity contribution in [2.75, 3.05) is 0 Å². The summed E-state index contributed by atoms with van der Waals surface area (Å²) in [6.07, 6.45) is 5.30. The number of carboxylic acid groups (broad SMARTS) is 1. The highest BCUT2D eigenvalue weighted by atomic mass is 28.4. The van der Waals surface area contributed by atoms with E-state index >= 15 is 0 Å². The molecule has 0 radical (unpaired) electrons. The van der Waals surface area contributed by atoms with E-state index in [0.29, 0.717) is 6.42 Å². The maximum atomic E-state index is 11.0. The summed E-state index contributed by atoms with van der Waals surface area (Å²) < 4.78 is 6.46. The molecule has 1 aliphatic carbocycles. The average Bonchev–Trinajstić information content (AvgIpc) is 2.30. The van der Waals surface area contributed by atoms with Gasteiger partial charge in [-0.3, -0.25) is 0 Å². The van der Waals surface area contributed by atoms with Crippen molar-refractivity contribution in [1.82, 2.24) is 5.32 Å². The first-order valence-electron chi connectivity index (χ1n) is 7.81. The second kappa shape index (κ2) is 6.52. The standard InChI is InChI=1S/C16H31NO3Si/c1-7-10-16(17-14(18)19)11-8-13(9-12-16)20-21(5,6)15(2,3)4/h7,13,17H,1,8-12H2,2-6H3,(H,18,19). The van der Waals surface area contributed by atoms with Crippen molar-refractivity contribution in [3.05, 3.63) is 12.7 Å². The second-order valence-corrected chi connectivity index (χ2v) is 12.5. The highest BCUT2D eigenvalue weighted by molar-refractivity contribution is 6.74. The van der Waals surface area contributed by atoms with Crippen LogP contribution in [0.4, 0.5) is 4.79 Å². The van der Waals surface area contributed by atoms with Crippen molar-refractivity contribution >= 4 is 14.4 Å². The molecule has 21 heavy (non-hydrogen) atoms. The van der Waals surface area contributed by atoms with Gasteiger partial charge in [-0.1, -0.05) is 26.8 Å². The number of rotatable bonds is 5. The van der Waals surface area contributed by atoms with E-state index in [0.717, 1.165) is 25.7 Å². The number of hydrogen-bond donors (Lipinski definition) is 2. The molecule has 0 aromatic heterocycles. The van der Waals surface area contributed by atoms with Crippen molar-refractivity contribution in [3.63, 3.8) is 0 Å². The lowest BCUT2D eigenvalue weighted by Gasteiger charge is -2.44. The monoisotopic (exact) mass is 313 g/mol. The summed E-state index contributed by atoms with van der Waals surface area (Å²) in [6.45, 7) is 15.0. The SMILES string of the molecule is C=CCC1(NC(=O)O)CCC(O[Si](C)(C)C(C)(C)C)CC1. The van der Waals surface area contributed by atoms with Crippen LogP contribution in [0.1, 0.15) is 52.9 Å².